The maximum absolute atomic E-state index is 12.2. The van der Waals surface area contributed by atoms with E-state index in [0.29, 0.717) is 5.65 Å². The molecule has 0 radical (unpaired) electrons. The van der Waals surface area contributed by atoms with Gasteiger partial charge in [-0.25, -0.2) is 14.3 Å². The van der Waals surface area contributed by atoms with Gasteiger partial charge >= 0.3 is 5.97 Å². The second-order valence-corrected chi connectivity index (χ2v) is 4.93. The van der Waals surface area contributed by atoms with Crippen molar-refractivity contribution in [3.63, 3.8) is 0 Å². The molecule has 0 bridgehead atoms. The van der Waals surface area contributed by atoms with Crippen molar-refractivity contribution >= 4 is 17.5 Å². The number of fused-ring (bicyclic) bond motifs is 1. The van der Waals surface area contributed by atoms with E-state index in [2.05, 4.69) is 15.4 Å². The van der Waals surface area contributed by atoms with Crippen LogP contribution < -0.4 is 5.32 Å². The average Bonchev–Trinajstić information content (AvgIpc) is 2.77. The number of carboxylic acids is 1. The van der Waals surface area contributed by atoms with Gasteiger partial charge < -0.3 is 10.4 Å². The zero-order valence-electron chi connectivity index (χ0n) is 11.5. The van der Waals surface area contributed by atoms with E-state index in [9.17, 15) is 9.59 Å². The van der Waals surface area contributed by atoms with E-state index in [0.717, 1.165) is 5.69 Å². The minimum absolute atomic E-state index is 0.215. The Labute approximate surface area is 115 Å². The molecule has 2 aromatic heterocycles. The summed E-state index contributed by atoms with van der Waals surface area (Å²) in [5, 5.41) is 15.6. The molecule has 106 valence electrons. The van der Waals surface area contributed by atoms with Gasteiger partial charge in [-0.1, -0.05) is 13.8 Å². The summed E-state index contributed by atoms with van der Waals surface area (Å²) in [5.41, 5.74) is 1.43. The Morgan fingerprint density at radius 2 is 2.10 bits per heavy atom. The molecular formula is C13H16N4O3. The predicted molar refractivity (Wildman–Crippen MR) is 71.5 cm³/mol. The highest BCUT2D eigenvalue weighted by Gasteiger charge is 2.25. The molecule has 0 fully saturated rings. The number of aryl methyl sites for hydroxylation is 1. The number of aliphatic carboxylic acids is 1. The van der Waals surface area contributed by atoms with Gasteiger partial charge in [0.25, 0.3) is 5.91 Å². The Hall–Kier alpha value is -2.44. The number of nitrogens with zero attached hydrogens (tertiary/aromatic N) is 3. The molecule has 1 atom stereocenters. The first-order valence-corrected chi connectivity index (χ1v) is 6.25. The van der Waals surface area contributed by atoms with Crippen molar-refractivity contribution in [1.29, 1.82) is 0 Å². The molecule has 0 saturated heterocycles. The second kappa shape index (κ2) is 5.28. The van der Waals surface area contributed by atoms with E-state index in [1.54, 1.807) is 26.1 Å². The minimum atomic E-state index is -1.06. The van der Waals surface area contributed by atoms with Gasteiger partial charge in [0.05, 0.1) is 6.20 Å². The minimum Gasteiger partial charge on any atom is -0.480 e. The smallest absolute Gasteiger partial charge is 0.326 e. The first-order chi connectivity index (χ1) is 9.40. The van der Waals surface area contributed by atoms with Gasteiger partial charge in [0.1, 0.15) is 11.6 Å². The van der Waals surface area contributed by atoms with Gasteiger partial charge in [0, 0.05) is 11.9 Å². The number of aromatic nitrogens is 3. The molecule has 0 saturated carbocycles. The van der Waals surface area contributed by atoms with Crippen molar-refractivity contribution in [1.82, 2.24) is 19.9 Å². The molecule has 0 aliphatic carbocycles. The highest BCUT2D eigenvalue weighted by molar-refractivity contribution is 6.01. The fraction of sp³-hybridized carbons (Fsp3) is 0.385. The molecule has 1 amide bonds. The van der Waals surface area contributed by atoms with Crippen molar-refractivity contribution in [2.75, 3.05) is 0 Å². The van der Waals surface area contributed by atoms with Gasteiger partial charge in [-0.3, -0.25) is 4.79 Å². The lowest BCUT2D eigenvalue weighted by atomic mass is 10.0. The van der Waals surface area contributed by atoms with Crippen LogP contribution in [-0.2, 0) is 4.79 Å². The van der Waals surface area contributed by atoms with E-state index >= 15 is 0 Å². The van der Waals surface area contributed by atoms with Crippen molar-refractivity contribution in [3.8, 4) is 0 Å². The third kappa shape index (κ3) is 2.61. The lowest BCUT2D eigenvalue weighted by molar-refractivity contribution is -0.140. The molecule has 0 aliphatic rings. The molecule has 0 unspecified atom stereocenters. The van der Waals surface area contributed by atoms with Crippen LogP contribution in [0.5, 0.6) is 0 Å². The van der Waals surface area contributed by atoms with E-state index in [1.165, 1.54) is 10.7 Å². The quantitative estimate of drug-likeness (QED) is 0.864. The van der Waals surface area contributed by atoms with E-state index in [4.69, 9.17) is 5.11 Å². The number of nitrogens with one attached hydrogen (secondary N) is 1. The van der Waals surface area contributed by atoms with E-state index in [-0.39, 0.29) is 11.5 Å². The average molecular weight is 276 g/mol. The largest absolute Gasteiger partial charge is 0.480 e. The molecule has 2 rings (SSSR count). The number of carboxylic acid groups (broad SMARTS) is 1. The third-order valence-electron chi connectivity index (χ3n) is 2.97. The zero-order chi connectivity index (χ0) is 14.9. The summed E-state index contributed by atoms with van der Waals surface area (Å²) < 4.78 is 1.48. The Kier molecular flexibility index (Phi) is 3.69. The Morgan fingerprint density at radius 3 is 2.70 bits per heavy atom. The van der Waals surface area contributed by atoms with Crippen molar-refractivity contribution in [2.24, 2.45) is 5.92 Å². The Morgan fingerprint density at radius 1 is 1.40 bits per heavy atom. The Bertz CT molecular complexity index is 663. The molecule has 7 heteroatoms. The molecular weight excluding hydrogens is 260 g/mol. The SMILES string of the molecule is Cc1ccn2ncc(C(=O)N[C@H](C(=O)O)C(C)C)c2n1. The number of hydrogen-bond acceptors (Lipinski definition) is 4. The first kappa shape index (κ1) is 14.0. The lowest BCUT2D eigenvalue weighted by Gasteiger charge is -2.17. The standard InChI is InChI=1S/C13H16N4O3/c1-7(2)10(13(19)20)16-12(18)9-6-14-17-5-4-8(3)15-11(9)17/h4-7,10H,1-3H3,(H,16,18)(H,19,20)/t10-/m0/s1. The maximum atomic E-state index is 12.2. The predicted octanol–water partition coefficient (Wildman–Crippen LogP) is 0.877. The van der Waals surface area contributed by atoms with Crippen LogP contribution in [0, 0.1) is 12.8 Å². The molecule has 0 aliphatic heterocycles. The zero-order valence-corrected chi connectivity index (χ0v) is 11.5. The molecule has 2 aromatic rings. The Balaban J connectivity index is 2.32. The van der Waals surface area contributed by atoms with Crippen LogP contribution in [0.4, 0.5) is 0 Å². The second-order valence-electron chi connectivity index (χ2n) is 4.93. The van der Waals surface area contributed by atoms with Crippen molar-refractivity contribution in [3.05, 3.63) is 29.7 Å². The van der Waals surface area contributed by atoms with Crippen LogP contribution >= 0.6 is 0 Å². The number of carbonyl (C=O) groups is 2. The summed E-state index contributed by atoms with van der Waals surface area (Å²) in [6.07, 6.45) is 3.09. The molecule has 20 heavy (non-hydrogen) atoms. The molecule has 2 N–H and O–H groups in total. The highest BCUT2D eigenvalue weighted by Crippen LogP contribution is 2.10. The van der Waals surface area contributed by atoms with E-state index in [1.807, 2.05) is 6.92 Å². The van der Waals surface area contributed by atoms with Crippen LogP contribution in [0.25, 0.3) is 5.65 Å². The number of hydrogen-bond donors (Lipinski definition) is 2. The summed E-state index contributed by atoms with van der Waals surface area (Å²) in [7, 11) is 0. The monoisotopic (exact) mass is 276 g/mol. The summed E-state index contributed by atoms with van der Waals surface area (Å²) in [6.45, 7) is 5.28. The van der Waals surface area contributed by atoms with Gasteiger partial charge in [0.15, 0.2) is 5.65 Å². The van der Waals surface area contributed by atoms with Crippen LogP contribution in [0.2, 0.25) is 0 Å². The normalized spacial score (nSPS) is 12.6. The summed E-state index contributed by atoms with van der Waals surface area (Å²) in [4.78, 5) is 27.5. The van der Waals surface area contributed by atoms with Gasteiger partial charge in [-0.05, 0) is 18.9 Å². The van der Waals surface area contributed by atoms with Crippen molar-refractivity contribution < 1.29 is 14.7 Å². The van der Waals surface area contributed by atoms with Crippen LogP contribution in [-0.4, -0.2) is 37.6 Å². The third-order valence-corrected chi connectivity index (χ3v) is 2.97. The van der Waals surface area contributed by atoms with Crippen LogP contribution in [0.1, 0.15) is 29.9 Å². The van der Waals surface area contributed by atoms with Gasteiger partial charge in [-0.15, -0.1) is 0 Å². The van der Waals surface area contributed by atoms with E-state index < -0.39 is 17.9 Å². The lowest BCUT2D eigenvalue weighted by Crippen LogP contribution is -2.44. The number of rotatable bonds is 4. The summed E-state index contributed by atoms with van der Waals surface area (Å²) >= 11 is 0. The first-order valence-electron chi connectivity index (χ1n) is 6.25. The maximum Gasteiger partial charge on any atom is 0.326 e. The fourth-order valence-corrected chi connectivity index (χ4v) is 1.85. The molecule has 0 spiro atoms. The number of carbonyl (C=O) groups excluding carboxylic acids is 1. The summed E-state index contributed by atoms with van der Waals surface area (Å²) in [6, 6.07) is 0.831. The number of amides is 1. The van der Waals surface area contributed by atoms with Gasteiger partial charge in [0.2, 0.25) is 0 Å². The summed E-state index contributed by atoms with van der Waals surface area (Å²) in [5.74, 6) is -1.76. The van der Waals surface area contributed by atoms with Crippen molar-refractivity contribution in [2.45, 2.75) is 26.8 Å². The van der Waals surface area contributed by atoms with Crippen LogP contribution in [0.15, 0.2) is 18.5 Å². The fourth-order valence-electron chi connectivity index (χ4n) is 1.85. The van der Waals surface area contributed by atoms with Gasteiger partial charge in [-0.2, -0.15) is 5.10 Å². The molecule has 0 aromatic carbocycles. The molecule has 2 heterocycles. The molecule has 7 nitrogen and oxygen atoms in total. The topological polar surface area (TPSA) is 96.6 Å². The highest BCUT2D eigenvalue weighted by atomic mass is 16.4. The van der Waals surface area contributed by atoms with Crippen LogP contribution in [0.3, 0.4) is 0 Å².